The number of hydrogen-bond donors (Lipinski definition) is 0. The lowest BCUT2D eigenvalue weighted by Gasteiger charge is -2.41. The number of para-hydroxylation sites is 1. The van der Waals surface area contributed by atoms with Gasteiger partial charge in [0.1, 0.15) is 0 Å². The van der Waals surface area contributed by atoms with E-state index < -0.39 is 0 Å². The second-order valence-electron chi connectivity index (χ2n) is 5.84. The van der Waals surface area contributed by atoms with Crippen LogP contribution >= 0.6 is 0 Å². The van der Waals surface area contributed by atoms with E-state index in [0.29, 0.717) is 6.04 Å². The number of nitrogens with zero attached hydrogens (tertiary/aromatic N) is 3. The molecule has 0 saturated carbocycles. The van der Waals surface area contributed by atoms with Crippen LogP contribution in [0, 0.1) is 12.3 Å². The number of benzene rings is 1. The normalized spacial score (nSPS) is 20.9. The largest absolute Gasteiger partial charge is 0.360 e. The third kappa shape index (κ3) is 2.03. The Morgan fingerprint density at radius 3 is 2.95 bits per heavy atom. The molecule has 1 aromatic heterocycles. The molecule has 2 aliphatic heterocycles. The van der Waals surface area contributed by atoms with Gasteiger partial charge in [-0.25, -0.2) is 0 Å². The Hall–Kier alpha value is -2.18. The van der Waals surface area contributed by atoms with E-state index in [1.807, 2.05) is 0 Å². The second kappa shape index (κ2) is 4.98. The summed E-state index contributed by atoms with van der Waals surface area (Å²) in [7, 11) is 0. The predicted octanol–water partition coefficient (Wildman–Crippen LogP) is 2.35. The SMILES string of the molecule is C#CCN1CCN2c3ccccc3Cn3cccc3C2C1. The van der Waals surface area contributed by atoms with Crippen molar-refractivity contribution in [2.75, 3.05) is 31.1 Å². The van der Waals surface area contributed by atoms with E-state index in [1.165, 1.54) is 16.9 Å². The molecule has 0 spiro atoms. The molecular weight excluding hydrogens is 258 g/mol. The summed E-state index contributed by atoms with van der Waals surface area (Å²) < 4.78 is 2.38. The number of terminal acetylenes is 1. The van der Waals surface area contributed by atoms with E-state index in [0.717, 1.165) is 32.7 Å². The molecule has 4 rings (SSSR count). The fourth-order valence-electron chi connectivity index (χ4n) is 3.64. The second-order valence-corrected chi connectivity index (χ2v) is 5.84. The van der Waals surface area contributed by atoms with Crippen molar-refractivity contribution in [2.24, 2.45) is 0 Å². The van der Waals surface area contributed by atoms with E-state index in [4.69, 9.17) is 6.42 Å². The zero-order valence-electron chi connectivity index (χ0n) is 12.1. The Morgan fingerprint density at radius 2 is 2.05 bits per heavy atom. The number of anilines is 1. The molecule has 3 nitrogen and oxygen atoms in total. The van der Waals surface area contributed by atoms with Crippen molar-refractivity contribution in [3.63, 3.8) is 0 Å². The van der Waals surface area contributed by atoms with Gasteiger partial charge in [0.2, 0.25) is 0 Å². The van der Waals surface area contributed by atoms with Gasteiger partial charge in [-0.05, 0) is 23.8 Å². The van der Waals surface area contributed by atoms with Gasteiger partial charge in [-0.1, -0.05) is 24.1 Å². The van der Waals surface area contributed by atoms with Gasteiger partial charge in [-0.3, -0.25) is 4.90 Å². The van der Waals surface area contributed by atoms with Crippen molar-refractivity contribution in [2.45, 2.75) is 12.6 Å². The summed E-state index contributed by atoms with van der Waals surface area (Å²) in [4.78, 5) is 4.94. The standard InChI is InChI=1S/C18H19N3/c1-2-9-19-11-12-21-16-7-4-3-6-15(16)13-20-10-5-8-17(20)18(21)14-19/h1,3-8,10,18H,9,11-14H2. The van der Waals surface area contributed by atoms with E-state index >= 15 is 0 Å². The van der Waals surface area contributed by atoms with Crippen LogP contribution in [0.15, 0.2) is 42.6 Å². The highest BCUT2D eigenvalue weighted by atomic mass is 15.3. The van der Waals surface area contributed by atoms with E-state index in [9.17, 15) is 0 Å². The van der Waals surface area contributed by atoms with Gasteiger partial charge in [-0.15, -0.1) is 6.42 Å². The molecule has 1 atom stereocenters. The maximum atomic E-state index is 5.50. The van der Waals surface area contributed by atoms with Gasteiger partial charge < -0.3 is 9.47 Å². The minimum Gasteiger partial charge on any atom is -0.360 e. The predicted molar refractivity (Wildman–Crippen MR) is 85.3 cm³/mol. The molecule has 106 valence electrons. The topological polar surface area (TPSA) is 11.4 Å². The van der Waals surface area contributed by atoms with Gasteiger partial charge in [0.25, 0.3) is 0 Å². The fourth-order valence-corrected chi connectivity index (χ4v) is 3.64. The van der Waals surface area contributed by atoms with Crippen LogP contribution in [0.2, 0.25) is 0 Å². The minimum atomic E-state index is 0.394. The lowest BCUT2D eigenvalue weighted by atomic mass is 10.1. The summed E-state index contributed by atoms with van der Waals surface area (Å²) in [6, 6.07) is 13.6. The molecule has 1 aromatic carbocycles. The maximum absolute atomic E-state index is 5.50. The summed E-state index contributed by atoms with van der Waals surface area (Å²) in [5.74, 6) is 2.79. The Kier molecular flexibility index (Phi) is 2.98. The number of aromatic nitrogens is 1. The zero-order chi connectivity index (χ0) is 14.2. The minimum absolute atomic E-state index is 0.394. The average Bonchev–Trinajstić information content (AvgIpc) is 2.92. The maximum Gasteiger partial charge on any atom is 0.0821 e. The van der Waals surface area contributed by atoms with Crippen LogP contribution in [0.3, 0.4) is 0 Å². The van der Waals surface area contributed by atoms with Crippen LogP contribution < -0.4 is 4.90 Å². The van der Waals surface area contributed by atoms with Gasteiger partial charge in [-0.2, -0.15) is 0 Å². The number of hydrogen-bond acceptors (Lipinski definition) is 2. The van der Waals surface area contributed by atoms with Gasteiger partial charge in [0.05, 0.1) is 12.6 Å². The van der Waals surface area contributed by atoms with E-state index in [-0.39, 0.29) is 0 Å². The quantitative estimate of drug-likeness (QED) is 0.741. The molecule has 0 aliphatic carbocycles. The van der Waals surface area contributed by atoms with Crippen molar-refractivity contribution in [1.82, 2.24) is 9.47 Å². The highest BCUT2D eigenvalue weighted by Gasteiger charge is 2.32. The summed E-state index contributed by atoms with van der Waals surface area (Å²) in [5.41, 5.74) is 4.18. The number of rotatable bonds is 1. The third-order valence-corrected chi connectivity index (χ3v) is 4.63. The monoisotopic (exact) mass is 277 g/mol. The molecule has 0 N–H and O–H groups in total. The lowest BCUT2D eigenvalue weighted by molar-refractivity contribution is 0.245. The van der Waals surface area contributed by atoms with Crippen molar-refractivity contribution < 1.29 is 0 Å². The van der Waals surface area contributed by atoms with Crippen LogP contribution in [0.5, 0.6) is 0 Å². The van der Waals surface area contributed by atoms with Gasteiger partial charge in [0, 0.05) is 43.8 Å². The Labute approximate surface area is 125 Å². The molecule has 2 aromatic rings. The van der Waals surface area contributed by atoms with Crippen LogP contribution in [0.4, 0.5) is 5.69 Å². The fraction of sp³-hybridized carbons (Fsp3) is 0.333. The highest BCUT2D eigenvalue weighted by molar-refractivity contribution is 5.57. The highest BCUT2D eigenvalue weighted by Crippen LogP contribution is 2.36. The summed E-state index contributed by atoms with van der Waals surface area (Å²) in [6.07, 6.45) is 7.69. The first kappa shape index (κ1) is 12.6. The molecule has 21 heavy (non-hydrogen) atoms. The molecule has 1 fully saturated rings. The van der Waals surface area contributed by atoms with Crippen molar-refractivity contribution in [3.05, 3.63) is 53.9 Å². The number of piperazine rings is 1. The van der Waals surface area contributed by atoms with E-state index in [2.05, 4.69) is 62.9 Å². The number of fused-ring (bicyclic) bond motifs is 5. The molecule has 0 bridgehead atoms. The van der Waals surface area contributed by atoms with Crippen LogP contribution in [0.25, 0.3) is 0 Å². The molecule has 3 heteroatoms. The van der Waals surface area contributed by atoms with Crippen LogP contribution in [-0.4, -0.2) is 35.6 Å². The molecule has 0 amide bonds. The molecular formula is C18H19N3. The van der Waals surface area contributed by atoms with Crippen LogP contribution in [0.1, 0.15) is 17.3 Å². The Morgan fingerprint density at radius 1 is 1.14 bits per heavy atom. The molecule has 1 unspecified atom stereocenters. The van der Waals surface area contributed by atoms with Crippen molar-refractivity contribution >= 4 is 5.69 Å². The summed E-state index contributed by atoms with van der Waals surface area (Å²) in [5, 5.41) is 0. The average molecular weight is 277 g/mol. The van der Waals surface area contributed by atoms with Gasteiger partial charge >= 0.3 is 0 Å². The molecule has 1 saturated heterocycles. The van der Waals surface area contributed by atoms with Crippen molar-refractivity contribution in [1.29, 1.82) is 0 Å². The van der Waals surface area contributed by atoms with Gasteiger partial charge in [0.15, 0.2) is 0 Å². The first-order valence-electron chi connectivity index (χ1n) is 7.52. The van der Waals surface area contributed by atoms with E-state index in [1.54, 1.807) is 0 Å². The first-order chi connectivity index (χ1) is 10.4. The summed E-state index contributed by atoms with van der Waals surface area (Å²) >= 11 is 0. The molecule has 2 aliphatic rings. The first-order valence-corrected chi connectivity index (χ1v) is 7.52. The lowest BCUT2D eigenvalue weighted by Crippen LogP contribution is -2.48. The Bertz CT molecular complexity index is 694. The van der Waals surface area contributed by atoms with Crippen molar-refractivity contribution in [3.8, 4) is 12.3 Å². The third-order valence-electron chi connectivity index (χ3n) is 4.63. The smallest absolute Gasteiger partial charge is 0.0821 e. The Balaban J connectivity index is 1.79. The molecule has 3 heterocycles. The zero-order valence-corrected chi connectivity index (χ0v) is 12.1. The molecule has 0 radical (unpaired) electrons. The summed E-state index contributed by atoms with van der Waals surface area (Å²) in [6.45, 7) is 4.78. The van der Waals surface area contributed by atoms with Crippen LogP contribution in [-0.2, 0) is 6.54 Å².